The van der Waals surface area contributed by atoms with Crippen LogP contribution in [-0.4, -0.2) is 20.0 Å². The summed E-state index contributed by atoms with van der Waals surface area (Å²) in [4.78, 5) is 30.0. The second kappa shape index (κ2) is 6.71. The molecule has 3 aromatic heterocycles. The number of benzene rings is 2. The molecule has 5 rings (SSSR count). The van der Waals surface area contributed by atoms with Crippen LogP contribution in [0.5, 0.6) is 0 Å². The Kier molecular flexibility index (Phi) is 4.02. The lowest BCUT2D eigenvalue weighted by Gasteiger charge is -2.03. The van der Waals surface area contributed by atoms with E-state index in [-0.39, 0.29) is 12.1 Å². The highest BCUT2D eigenvalue weighted by molar-refractivity contribution is 7.16. The summed E-state index contributed by atoms with van der Waals surface area (Å²) in [5.41, 5.74) is 4.34. The average molecular weight is 405 g/mol. The van der Waals surface area contributed by atoms with E-state index < -0.39 is 11.5 Å². The van der Waals surface area contributed by atoms with Crippen LogP contribution in [0.1, 0.15) is 0 Å². The highest BCUT2D eigenvalue weighted by Gasteiger charge is 2.14. The molecule has 1 amide bonds. The maximum atomic E-state index is 12.7. The van der Waals surface area contributed by atoms with Gasteiger partial charge in [0.2, 0.25) is 10.4 Å². The zero-order valence-corrected chi connectivity index (χ0v) is 16.1. The van der Waals surface area contributed by atoms with Crippen molar-refractivity contribution in [3.05, 3.63) is 70.0 Å². The number of rotatable bonds is 3. The summed E-state index contributed by atoms with van der Waals surface area (Å²) in [6.45, 7) is -0.211. The van der Waals surface area contributed by atoms with Crippen LogP contribution in [-0.2, 0) is 18.4 Å². The Morgan fingerprint density at radius 2 is 2.00 bits per heavy atom. The van der Waals surface area contributed by atoms with Gasteiger partial charge in [-0.1, -0.05) is 35.6 Å². The number of aryl methyl sites for hydroxylation is 1. The van der Waals surface area contributed by atoms with Gasteiger partial charge in [0.1, 0.15) is 17.6 Å². The number of para-hydroxylation sites is 2. The van der Waals surface area contributed by atoms with E-state index in [1.165, 1.54) is 22.2 Å². The summed E-state index contributed by atoms with van der Waals surface area (Å²) in [5.74, 6) is -0.429. The first-order valence-corrected chi connectivity index (χ1v) is 9.67. The van der Waals surface area contributed by atoms with Crippen LogP contribution in [0.4, 0.5) is 0 Å². The molecule has 0 aliphatic heterocycles. The predicted octanol–water partition coefficient (Wildman–Crippen LogP) is 2.33. The number of thiazole rings is 1. The highest BCUT2D eigenvalue weighted by atomic mass is 32.1. The fourth-order valence-electron chi connectivity index (χ4n) is 3.22. The maximum absolute atomic E-state index is 12.7. The minimum atomic E-state index is -0.429. The molecular formula is C20H15N5O3S. The first kappa shape index (κ1) is 17.4. The van der Waals surface area contributed by atoms with Crippen LogP contribution in [0.15, 0.2) is 69.2 Å². The van der Waals surface area contributed by atoms with E-state index in [9.17, 15) is 9.59 Å². The lowest BCUT2D eigenvalue weighted by atomic mass is 10.2. The maximum Gasteiger partial charge on any atom is 0.297 e. The minimum absolute atomic E-state index is 0.134. The van der Waals surface area contributed by atoms with E-state index in [1.807, 2.05) is 54.1 Å². The van der Waals surface area contributed by atoms with Gasteiger partial charge in [0.15, 0.2) is 0 Å². The third-order valence-corrected chi connectivity index (χ3v) is 5.77. The van der Waals surface area contributed by atoms with Crippen molar-refractivity contribution in [2.45, 2.75) is 6.54 Å². The number of furan rings is 1. The Balaban J connectivity index is 1.43. The van der Waals surface area contributed by atoms with Crippen molar-refractivity contribution in [3.8, 4) is 0 Å². The lowest BCUT2D eigenvalue weighted by Crippen LogP contribution is -2.31. The van der Waals surface area contributed by atoms with E-state index in [0.717, 1.165) is 15.6 Å². The Hall–Kier alpha value is -3.72. The Labute approximate surface area is 167 Å². The van der Waals surface area contributed by atoms with Gasteiger partial charge in [-0.2, -0.15) is 0 Å². The molecule has 29 heavy (non-hydrogen) atoms. The van der Waals surface area contributed by atoms with E-state index in [2.05, 4.69) is 15.5 Å². The Bertz CT molecular complexity index is 1520. The quantitative estimate of drug-likeness (QED) is 0.466. The van der Waals surface area contributed by atoms with Gasteiger partial charge in [0.25, 0.3) is 11.5 Å². The van der Waals surface area contributed by atoms with Crippen molar-refractivity contribution < 1.29 is 9.21 Å². The number of hydrogen-bond donors (Lipinski definition) is 1. The summed E-state index contributed by atoms with van der Waals surface area (Å²) in [6, 6.07) is 15.2. The molecule has 0 saturated heterocycles. The highest BCUT2D eigenvalue weighted by Crippen LogP contribution is 2.24. The monoisotopic (exact) mass is 405 g/mol. The first-order valence-electron chi connectivity index (χ1n) is 8.85. The SMILES string of the molecule is Cn1/c(=N/NC(=O)Cn2cnc3c(oc4ccccc43)c2=O)sc2ccccc21. The average Bonchev–Trinajstić information content (AvgIpc) is 3.27. The fraction of sp³-hybridized carbons (Fsp3) is 0.100. The fourth-order valence-corrected chi connectivity index (χ4v) is 4.20. The first-order chi connectivity index (χ1) is 14.1. The van der Waals surface area contributed by atoms with Crippen molar-refractivity contribution in [1.29, 1.82) is 0 Å². The molecule has 0 aliphatic rings. The van der Waals surface area contributed by atoms with E-state index in [4.69, 9.17) is 4.42 Å². The molecule has 0 saturated carbocycles. The molecule has 0 bridgehead atoms. The largest absolute Gasteiger partial charge is 0.448 e. The molecular weight excluding hydrogens is 390 g/mol. The van der Waals surface area contributed by atoms with Gasteiger partial charge in [-0.05, 0) is 24.3 Å². The molecule has 9 heteroatoms. The topological polar surface area (TPSA) is 94.4 Å². The van der Waals surface area contributed by atoms with Gasteiger partial charge in [-0.3, -0.25) is 14.2 Å². The summed E-state index contributed by atoms with van der Waals surface area (Å²) >= 11 is 1.47. The molecule has 0 atom stereocenters. The molecule has 0 unspecified atom stereocenters. The van der Waals surface area contributed by atoms with E-state index in [1.54, 1.807) is 6.07 Å². The molecule has 0 fully saturated rings. The zero-order chi connectivity index (χ0) is 20.0. The lowest BCUT2D eigenvalue weighted by molar-refractivity contribution is -0.121. The number of aromatic nitrogens is 3. The summed E-state index contributed by atoms with van der Waals surface area (Å²) in [5, 5.41) is 4.96. The molecule has 144 valence electrons. The molecule has 0 spiro atoms. The van der Waals surface area contributed by atoms with Gasteiger partial charge in [-0.15, -0.1) is 5.10 Å². The van der Waals surface area contributed by atoms with Crippen LogP contribution in [0.3, 0.4) is 0 Å². The van der Waals surface area contributed by atoms with Crippen molar-refractivity contribution in [1.82, 2.24) is 19.5 Å². The smallest absolute Gasteiger partial charge is 0.297 e. The van der Waals surface area contributed by atoms with Gasteiger partial charge in [0, 0.05) is 12.4 Å². The standard InChI is InChI=1S/C20H15N5O3S/c1-24-13-7-3-5-9-15(13)29-20(24)23-22-16(26)10-25-11-21-17-12-6-2-4-8-14(12)28-18(17)19(25)27/h2-9,11H,10H2,1H3,(H,22,26)/b23-20-. The molecule has 2 aromatic carbocycles. The summed E-state index contributed by atoms with van der Waals surface area (Å²) in [7, 11) is 1.88. The minimum Gasteiger partial charge on any atom is -0.448 e. The van der Waals surface area contributed by atoms with Crippen LogP contribution in [0.2, 0.25) is 0 Å². The summed E-state index contributed by atoms with van der Waals surface area (Å²) < 4.78 is 9.81. The zero-order valence-electron chi connectivity index (χ0n) is 15.3. The third kappa shape index (κ3) is 2.92. The van der Waals surface area contributed by atoms with Crippen LogP contribution >= 0.6 is 11.3 Å². The van der Waals surface area contributed by atoms with Crippen LogP contribution in [0.25, 0.3) is 32.3 Å². The summed E-state index contributed by atoms with van der Waals surface area (Å²) in [6.07, 6.45) is 1.35. The Morgan fingerprint density at radius 3 is 2.86 bits per heavy atom. The van der Waals surface area contributed by atoms with Crippen molar-refractivity contribution in [2.24, 2.45) is 12.1 Å². The number of fused-ring (bicyclic) bond motifs is 4. The molecule has 0 aliphatic carbocycles. The van der Waals surface area contributed by atoms with Crippen molar-refractivity contribution >= 4 is 49.5 Å². The number of carbonyl (C=O) groups is 1. The van der Waals surface area contributed by atoms with Gasteiger partial charge >= 0.3 is 0 Å². The van der Waals surface area contributed by atoms with E-state index in [0.29, 0.717) is 15.9 Å². The van der Waals surface area contributed by atoms with Gasteiger partial charge < -0.3 is 8.98 Å². The molecule has 3 heterocycles. The Morgan fingerprint density at radius 1 is 1.21 bits per heavy atom. The molecule has 8 nitrogen and oxygen atoms in total. The number of nitrogens with one attached hydrogen (secondary N) is 1. The van der Waals surface area contributed by atoms with Gasteiger partial charge in [-0.25, -0.2) is 10.4 Å². The third-order valence-electron chi connectivity index (χ3n) is 4.66. The second-order valence-corrected chi connectivity index (χ2v) is 7.52. The van der Waals surface area contributed by atoms with Crippen LogP contribution < -0.4 is 15.8 Å². The molecule has 0 radical (unpaired) electrons. The van der Waals surface area contributed by atoms with Gasteiger partial charge in [0.05, 0.1) is 16.5 Å². The number of hydrogen-bond acceptors (Lipinski definition) is 6. The van der Waals surface area contributed by atoms with E-state index >= 15 is 0 Å². The van der Waals surface area contributed by atoms with Crippen molar-refractivity contribution in [3.63, 3.8) is 0 Å². The predicted molar refractivity (Wildman–Crippen MR) is 110 cm³/mol. The normalized spacial score (nSPS) is 12.2. The van der Waals surface area contributed by atoms with Crippen molar-refractivity contribution in [2.75, 3.05) is 0 Å². The molecule has 1 N–H and O–H groups in total. The number of amides is 1. The second-order valence-electron chi connectivity index (χ2n) is 6.51. The number of carbonyl (C=O) groups excluding carboxylic acids is 1. The van der Waals surface area contributed by atoms with Crippen LogP contribution in [0, 0.1) is 0 Å². The number of nitrogens with zero attached hydrogens (tertiary/aromatic N) is 4. The molecule has 5 aromatic rings.